The lowest BCUT2D eigenvalue weighted by atomic mass is 10.00. The van der Waals surface area contributed by atoms with Crippen LogP contribution in [-0.2, 0) is 0 Å². The van der Waals surface area contributed by atoms with Gasteiger partial charge in [0.15, 0.2) is 0 Å². The van der Waals surface area contributed by atoms with Crippen LogP contribution in [0.5, 0.6) is 0 Å². The van der Waals surface area contributed by atoms with Crippen LogP contribution in [-0.4, -0.2) is 15.9 Å². The van der Waals surface area contributed by atoms with Crippen LogP contribution < -0.4 is 16.6 Å². The first-order valence-corrected chi connectivity index (χ1v) is 6.50. The highest BCUT2D eigenvalue weighted by atomic mass is 16.6. The third kappa shape index (κ3) is 3.11. The van der Waals surface area contributed by atoms with Crippen LogP contribution >= 0.6 is 0 Å². The van der Waals surface area contributed by atoms with E-state index in [-0.39, 0.29) is 17.5 Å². The average Bonchev–Trinajstić information content (AvgIpc) is 2.92. The van der Waals surface area contributed by atoms with E-state index in [4.69, 9.17) is 5.84 Å². The number of hydrazine groups is 1. The Morgan fingerprint density at radius 1 is 1.47 bits per heavy atom. The molecule has 0 amide bonds. The molecular formula is C12H19N5O2. The zero-order valence-electron chi connectivity index (χ0n) is 10.9. The van der Waals surface area contributed by atoms with Gasteiger partial charge in [-0.25, -0.2) is 10.8 Å². The summed E-state index contributed by atoms with van der Waals surface area (Å²) in [6.07, 6.45) is 4.79. The molecule has 7 nitrogen and oxygen atoms in total. The Morgan fingerprint density at radius 3 is 2.74 bits per heavy atom. The van der Waals surface area contributed by atoms with Gasteiger partial charge in [-0.3, -0.25) is 10.1 Å². The molecule has 1 aliphatic rings. The van der Waals surface area contributed by atoms with Crippen molar-refractivity contribution in [1.29, 1.82) is 0 Å². The van der Waals surface area contributed by atoms with Crippen LogP contribution in [0.2, 0.25) is 0 Å². The predicted octanol–water partition coefficient (Wildman–Crippen LogP) is 2.27. The van der Waals surface area contributed by atoms with Crippen molar-refractivity contribution >= 4 is 17.3 Å². The normalized spacial score (nSPS) is 17.2. The number of nitrogens with one attached hydrogen (secondary N) is 2. The number of aromatic nitrogens is 1. The van der Waals surface area contributed by atoms with E-state index in [1.54, 1.807) is 0 Å². The number of pyridine rings is 1. The summed E-state index contributed by atoms with van der Waals surface area (Å²) in [6.45, 7) is 2.05. The zero-order valence-corrected chi connectivity index (χ0v) is 10.9. The predicted molar refractivity (Wildman–Crippen MR) is 73.7 cm³/mol. The van der Waals surface area contributed by atoms with Gasteiger partial charge >= 0.3 is 5.69 Å². The highest BCUT2D eigenvalue weighted by Crippen LogP contribution is 2.31. The fourth-order valence-corrected chi connectivity index (χ4v) is 2.58. The van der Waals surface area contributed by atoms with E-state index >= 15 is 0 Å². The Bertz CT molecular complexity index is 459. The summed E-state index contributed by atoms with van der Waals surface area (Å²) in [7, 11) is 0. The first-order valence-electron chi connectivity index (χ1n) is 6.50. The second kappa shape index (κ2) is 5.83. The second-order valence-electron chi connectivity index (χ2n) is 4.94. The molecule has 0 aliphatic heterocycles. The number of nitrogen functional groups attached to an aromatic ring is 1. The topological polar surface area (TPSA) is 106 Å². The van der Waals surface area contributed by atoms with Crippen molar-refractivity contribution in [2.75, 3.05) is 10.7 Å². The smallest absolute Gasteiger partial charge is 0.311 e. The molecule has 1 fully saturated rings. The number of nitrogens with zero attached hydrogens (tertiary/aromatic N) is 2. The summed E-state index contributed by atoms with van der Waals surface area (Å²) in [6, 6.07) is 3.07. The van der Waals surface area contributed by atoms with Gasteiger partial charge in [-0.2, -0.15) is 0 Å². The molecular weight excluding hydrogens is 246 g/mol. The molecule has 2 rings (SSSR count). The fourth-order valence-electron chi connectivity index (χ4n) is 2.58. The molecule has 4 N–H and O–H groups in total. The minimum Gasteiger partial charge on any atom is -0.362 e. The van der Waals surface area contributed by atoms with Gasteiger partial charge in [-0.15, -0.1) is 0 Å². The largest absolute Gasteiger partial charge is 0.362 e. The molecule has 0 spiro atoms. The Labute approximate surface area is 111 Å². The molecule has 0 aromatic carbocycles. The van der Waals surface area contributed by atoms with Gasteiger partial charge in [0.25, 0.3) is 0 Å². The van der Waals surface area contributed by atoms with Gasteiger partial charge in [0, 0.05) is 12.1 Å². The highest BCUT2D eigenvalue weighted by Gasteiger charge is 2.24. The molecule has 1 aromatic heterocycles. The van der Waals surface area contributed by atoms with E-state index in [1.165, 1.54) is 25.0 Å². The van der Waals surface area contributed by atoms with Crippen molar-refractivity contribution in [3.05, 3.63) is 22.2 Å². The van der Waals surface area contributed by atoms with Crippen LogP contribution in [0, 0.1) is 16.0 Å². The molecule has 0 bridgehead atoms. The van der Waals surface area contributed by atoms with Gasteiger partial charge < -0.3 is 10.7 Å². The molecule has 19 heavy (non-hydrogen) atoms. The first-order chi connectivity index (χ1) is 9.11. The van der Waals surface area contributed by atoms with Crippen molar-refractivity contribution in [3.63, 3.8) is 0 Å². The van der Waals surface area contributed by atoms with Crippen LogP contribution in [0.15, 0.2) is 12.1 Å². The van der Waals surface area contributed by atoms with Crippen molar-refractivity contribution < 1.29 is 4.92 Å². The van der Waals surface area contributed by atoms with Gasteiger partial charge in [0.1, 0.15) is 5.82 Å². The van der Waals surface area contributed by atoms with Gasteiger partial charge in [0.05, 0.1) is 4.92 Å². The lowest BCUT2D eigenvalue weighted by Crippen LogP contribution is -2.25. The standard InChI is InChI=1S/C12H19N5O2/c1-8(9-4-2-3-5-9)14-12-10(17(18)19)6-7-11(15-12)16-13/h6-9H,2-5,13H2,1H3,(H2,14,15,16). The van der Waals surface area contributed by atoms with E-state index in [1.807, 2.05) is 6.92 Å². The van der Waals surface area contributed by atoms with E-state index in [2.05, 4.69) is 15.7 Å². The Balaban J connectivity index is 2.18. The van der Waals surface area contributed by atoms with Crippen molar-refractivity contribution in [2.24, 2.45) is 11.8 Å². The number of nitro groups is 1. The van der Waals surface area contributed by atoms with Crippen LogP contribution in [0.4, 0.5) is 17.3 Å². The summed E-state index contributed by atoms with van der Waals surface area (Å²) >= 11 is 0. The number of hydrogen-bond donors (Lipinski definition) is 3. The third-order valence-corrected chi connectivity index (χ3v) is 3.69. The quantitative estimate of drug-likeness (QED) is 0.428. The summed E-state index contributed by atoms with van der Waals surface area (Å²) in [5, 5.41) is 14.2. The molecule has 0 saturated heterocycles. The van der Waals surface area contributed by atoms with Gasteiger partial charge in [0.2, 0.25) is 5.82 Å². The number of anilines is 2. The second-order valence-corrected chi connectivity index (χ2v) is 4.94. The van der Waals surface area contributed by atoms with E-state index < -0.39 is 4.92 Å². The van der Waals surface area contributed by atoms with Crippen molar-refractivity contribution in [1.82, 2.24) is 4.98 Å². The fraction of sp³-hybridized carbons (Fsp3) is 0.583. The SMILES string of the molecule is CC(Nc1nc(NN)ccc1[N+](=O)[O-])C1CCCC1. The van der Waals surface area contributed by atoms with Crippen LogP contribution in [0.3, 0.4) is 0 Å². The summed E-state index contributed by atoms with van der Waals surface area (Å²) in [5.74, 6) is 6.53. The van der Waals surface area contributed by atoms with E-state index in [0.717, 1.165) is 12.8 Å². The lowest BCUT2D eigenvalue weighted by Gasteiger charge is -2.21. The lowest BCUT2D eigenvalue weighted by molar-refractivity contribution is -0.384. The van der Waals surface area contributed by atoms with E-state index in [9.17, 15) is 10.1 Å². The summed E-state index contributed by atoms with van der Waals surface area (Å²) in [4.78, 5) is 14.7. The first kappa shape index (κ1) is 13.5. The molecule has 7 heteroatoms. The summed E-state index contributed by atoms with van der Waals surface area (Å²) in [5.41, 5.74) is 2.38. The molecule has 1 aromatic rings. The number of nitrogens with two attached hydrogens (primary N) is 1. The van der Waals surface area contributed by atoms with Crippen LogP contribution in [0.25, 0.3) is 0 Å². The number of hydrogen-bond acceptors (Lipinski definition) is 6. The molecule has 104 valence electrons. The molecule has 1 heterocycles. The molecule has 0 radical (unpaired) electrons. The van der Waals surface area contributed by atoms with Crippen molar-refractivity contribution in [3.8, 4) is 0 Å². The minimum absolute atomic E-state index is 0.0242. The molecule has 1 aliphatic carbocycles. The van der Waals surface area contributed by atoms with Gasteiger partial charge in [-0.05, 0) is 31.7 Å². The van der Waals surface area contributed by atoms with Crippen molar-refractivity contribution in [2.45, 2.75) is 38.6 Å². The Kier molecular flexibility index (Phi) is 4.16. The molecule has 1 atom stereocenters. The Morgan fingerprint density at radius 2 is 2.16 bits per heavy atom. The van der Waals surface area contributed by atoms with E-state index in [0.29, 0.717) is 11.7 Å². The minimum atomic E-state index is -0.434. The average molecular weight is 265 g/mol. The summed E-state index contributed by atoms with van der Waals surface area (Å²) < 4.78 is 0. The number of rotatable bonds is 5. The van der Waals surface area contributed by atoms with Crippen LogP contribution in [0.1, 0.15) is 32.6 Å². The maximum atomic E-state index is 11.0. The monoisotopic (exact) mass is 265 g/mol. The third-order valence-electron chi connectivity index (χ3n) is 3.69. The maximum Gasteiger partial charge on any atom is 0.311 e. The molecule has 1 saturated carbocycles. The maximum absolute atomic E-state index is 11.0. The Hall–Kier alpha value is -1.89. The highest BCUT2D eigenvalue weighted by molar-refractivity contribution is 5.60. The zero-order chi connectivity index (χ0) is 13.8. The van der Waals surface area contributed by atoms with Gasteiger partial charge in [-0.1, -0.05) is 12.8 Å². The molecule has 1 unspecified atom stereocenters.